The number of carbonyl (C=O) groups is 1. The second-order valence-corrected chi connectivity index (χ2v) is 6.71. The minimum Gasteiger partial charge on any atom is -0.358 e. The average Bonchev–Trinajstić information content (AvgIpc) is 3.15. The van der Waals surface area contributed by atoms with Crippen LogP contribution >= 0.6 is 11.3 Å². The first-order chi connectivity index (χ1) is 11.2. The van der Waals surface area contributed by atoms with E-state index >= 15 is 0 Å². The minimum absolute atomic E-state index is 0.0699. The summed E-state index contributed by atoms with van der Waals surface area (Å²) in [6.45, 7) is 1.46. The predicted molar refractivity (Wildman–Crippen MR) is 90.3 cm³/mol. The van der Waals surface area contributed by atoms with Gasteiger partial charge in [0.25, 0.3) is 0 Å². The van der Waals surface area contributed by atoms with E-state index in [0.29, 0.717) is 6.54 Å². The largest absolute Gasteiger partial charge is 0.358 e. The monoisotopic (exact) mass is 326 g/mol. The van der Waals surface area contributed by atoms with Crippen LogP contribution in [0.15, 0.2) is 42.0 Å². The van der Waals surface area contributed by atoms with Crippen LogP contribution < -0.4 is 5.32 Å². The predicted octanol–water partition coefficient (Wildman–Crippen LogP) is 2.07. The van der Waals surface area contributed by atoms with E-state index in [1.807, 2.05) is 28.2 Å². The molecule has 1 N–H and O–H groups in total. The van der Waals surface area contributed by atoms with Gasteiger partial charge in [0.1, 0.15) is 0 Å². The van der Waals surface area contributed by atoms with Gasteiger partial charge in [-0.25, -0.2) is 4.98 Å². The molecule has 2 aromatic heterocycles. The Morgan fingerprint density at radius 1 is 1.39 bits per heavy atom. The van der Waals surface area contributed by atoms with Crippen LogP contribution in [0.3, 0.4) is 0 Å². The summed E-state index contributed by atoms with van der Waals surface area (Å²) in [5, 5.41) is 4.82. The number of aromatic nitrogens is 2. The molecular weight excluding hydrogens is 308 g/mol. The molecule has 0 radical (unpaired) electrons. The number of hydrogen-bond donors (Lipinski definition) is 1. The molecule has 0 saturated carbocycles. The van der Waals surface area contributed by atoms with Crippen molar-refractivity contribution in [2.24, 2.45) is 0 Å². The zero-order valence-corrected chi connectivity index (χ0v) is 13.7. The van der Waals surface area contributed by atoms with Crippen molar-refractivity contribution in [2.75, 3.05) is 7.05 Å². The maximum atomic E-state index is 12.3. The molecule has 118 valence electrons. The summed E-state index contributed by atoms with van der Waals surface area (Å²) in [7, 11) is 1.70. The summed E-state index contributed by atoms with van der Waals surface area (Å²) < 4.78 is 2.03. The first-order valence-electron chi connectivity index (χ1n) is 7.68. The highest BCUT2D eigenvalue weighted by molar-refractivity contribution is 7.15. The molecule has 0 aliphatic carbocycles. The first kappa shape index (κ1) is 14.4. The molecule has 0 spiro atoms. The topological polar surface area (TPSA) is 49.6 Å². The zero-order valence-electron chi connectivity index (χ0n) is 12.9. The standard InChI is InChI=1S/C17H18N4OS/c1-18-16(22)15-8-12-4-2-3-5-13(12)9-21(15)11-14-10-20-6-7-23-17(20)19-14/h2-7,10,15H,8-9,11H2,1H3,(H,18,22)/t15-/m0/s1. The molecule has 6 heteroatoms. The number of amides is 1. The molecule has 0 unspecified atom stereocenters. The Labute approximate surface area is 138 Å². The number of nitrogens with zero attached hydrogens (tertiary/aromatic N) is 3. The smallest absolute Gasteiger partial charge is 0.237 e. The summed E-state index contributed by atoms with van der Waals surface area (Å²) >= 11 is 1.62. The van der Waals surface area contributed by atoms with E-state index in [9.17, 15) is 4.79 Å². The number of carbonyl (C=O) groups excluding carboxylic acids is 1. The summed E-state index contributed by atoms with van der Waals surface area (Å²) in [6, 6.07) is 8.22. The molecule has 1 aromatic carbocycles. The maximum absolute atomic E-state index is 12.3. The van der Waals surface area contributed by atoms with E-state index in [1.165, 1.54) is 11.1 Å². The Balaban J connectivity index is 1.63. The third kappa shape index (κ3) is 2.64. The van der Waals surface area contributed by atoms with Crippen molar-refractivity contribution in [2.45, 2.75) is 25.6 Å². The summed E-state index contributed by atoms with van der Waals surface area (Å²) in [6.07, 6.45) is 4.81. The average molecular weight is 326 g/mol. The van der Waals surface area contributed by atoms with E-state index in [1.54, 1.807) is 18.4 Å². The highest BCUT2D eigenvalue weighted by atomic mass is 32.1. The Bertz CT molecular complexity index is 825. The lowest BCUT2D eigenvalue weighted by atomic mass is 9.93. The fourth-order valence-electron chi connectivity index (χ4n) is 3.23. The maximum Gasteiger partial charge on any atom is 0.237 e. The number of fused-ring (bicyclic) bond motifs is 2. The molecule has 0 bridgehead atoms. The van der Waals surface area contributed by atoms with Gasteiger partial charge < -0.3 is 5.32 Å². The Kier molecular flexibility index (Phi) is 3.63. The van der Waals surface area contributed by atoms with Crippen molar-refractivity contribution >= 4 is 22.2 Å². The fourth-order valence-corrected chi connectivity index (χ4v) is 3.95. The van der Waals surface area contributed by atoms with Gasteiger partial charge in [0.05, 0.1) is 11.7 Å². The second-order valence-electron chi connectivity index (χ2n) is 5.83. The lowest BCUT2D eigenvalue weighted by Crippen LogP contribution is -2.49. The highest BCUT2D eigenvalue weighted by Crippen LogP contribution is 2.25. The van der Waals surface area contributed by atoms with Crippen LogP contribution in [0.5, 0.6) is 0 Å². The van der Waals surface area contributed by atoms with Crippen LogP contribution in [0.2, 0.25) is 0 Å². The molecule has 1 atom stereocenters. The van der Waals surface area contributed by atoms with E-state index in [0.717, 1.165) is 23.6 Å². The second kappa shape index (κ2) is 5.79. The third-order valence-electron chi connectivity index (χ3n) is 4.40. The van der Waals surface area contributed by atoms with Gasteiger partial charge in [-0.1, -0.05) is 24.3 Å². The van der Waals surface area contributed by atoms with Crippen molar-refractivity contribution in [1.29, 1.82) is 0 Å². The number of hydrogen-bond acceptors (Lipinski definition) is 4. The van der Waals surface area contributed by atoms with Crippen molar-refractivity contribution in [3.63, 3.8) is 0 Å². The van der Waals surface area contributed by atoms with Gasteiger partial charge in [-0.2, -0.15) is 0 Å². The van der Waals surface area contributed by atoms with Crippen LogP contribution in [-0.2, 0) is 24.3 Å². The van der Waals surface area contributed by atoms with Gasteiger partial charge in [0.2, 0.25) is 5.91 Å². The van der Waals surface area contributed by atoms with Gasteiger partial charge >= 0.3 is 0 Å². The van der Waals surface area contributed by atoms with Crippen molar-refractivity contribution < 1.29 is 4.79 Å². The summed E-state index contributed by atoms with van der Waals surface area (Å²) in [5.74, 6) is 0.0699. The molecule has 1 amide bonds. The number of rotatable bonds is 3. The molecule has 0 fully saturated rings. The van der Waals surface area contributed by atoms with Gasteiger partial charge in [0, 0.05) is 37.9 Å². The van der Waals surface area contributed by atoms with Crippen molar-refractivity contribution in [1.82, 2.24) is 19.6 Å². The molecular formula is C17H18N4OS. The minimum atomic E-state index is -0.144. The Morgan fingerprint density at radius 2 is 2.22 bits per heavy atom. The van der Waals surface area contributed by atoms with E-state index < -0.39 is 0 Å². The molecule has 1 aliphatic heterocycles. The van der Waals surface area contributed by atoms with Gasteiger partial charge in [-0.3, -0.25) is 14.1 Å². The number of likely N-dealkylation sites (N-methyl/N-ethyl adjacent to an activating group) is 1. The third-order valence-corrected chi connectivity index (χ3v) is 5.17. The molecule has 1 aliphatic rings. The number of benzene rings is 1. The molecule has 0 saturated heterocycles. The SMILES string of the molecule is CNC(=O)[C@@H]1Cc2ccccc2CN1Cc1cn2ccsc2n1. The lowest BCUT2D eigenvalue weighted by Gasteiger charge is -2.35. The van der Waals surface area contributed by atoms with Gasteiger partial charge in [-0.05, 0) is 17.5 Å². The van der Waals surface area contributed by atoms with Crippen molar-refractivity contribution in [3.8, 4) is 0 Å². The normalized spacial score (nSPS) is 18.0. The van der Waals surface area contributed by atoms with Gasteiger partial charge in [-0.15, -0.1) is 11.3 Å². The van der Waals surface area contributed by atoms with Crippen LogP contribution in [0.25, 0.3) is 4.96 Å². The molecule has 3 aromatic rings. The van der Waals surface area contributed by atoms with Crippen LogP contribution in [0.1, 0.15) is 16.8 Å². The highest BCUT2D eigenvalue weighted by Gasteiger charge is 2.31. The van der Waals surface area contributed by atoms with Crippen LogP contribution in [0.4, 0.5) is 0 Å². The lowest BCUT2D eigenvalue weighted by molar-refractivity contribution is -0.126. The summed E-state index contributed by atoms with van der Waals surface area (Å²) in [5.41, 5.74) is 3.57. The Morgan fingerprint density at radius 3 is 3.00 bits per heavy atom. The number of thiazole rings is 1. The van der Waals surface area contributed by atoms with E-state index in [-0.39, 0.29) is 11.9 Å². The van der Waals surface area contributed by atoms with E-state index in [4.69, 9.17) is 0 Å². The fraction of sp³-hybridized carbons (Fsp3) is 0.294. The van der Waals surface area contributed by atoms with Gasteiger partial charge in [0.15, 0.2) is 4.96 Å². The molecule has 23 heavy (non-hydrogen) atoms. The van der Waals surface area contributed by atoms with E-state index in [2.05, 4.69) is 33.4 Å². The molecule has 3 heterocycles. The van der Waals surface area contributed by atoms with Crippen molar-refractivity contribution in [3.05, 3.63) is 58.9 Å². The Hall–Kier alpha value is -2.18. The number of nitrogens with one attached hydrogen (secondary N) is 1. The quantitative estimate of drug-likeness (QED) is 0.802. The first-order valence-corrected chi connectivity index (χ1v) is 8.56. The molecule has 4 rings (SSSR count). The van der Waals surface area contributed by atoms with Crippen LogP contribution in [-0.4, -0.2) is 33.3 Å². The van der Waals surface area contributed by atoms with Crippen LogP contribution in [0, 0.1) is 0 Å². The zero-order chi connectivity index (χ0) is 15.8. The number of imidazole rings is 1. The summed E-state index contributed by atoms with van der Waals surface area (Å²) in [4.78, 5) is 20.2. The molecule has 5 nitrogen and oxygen atoms in total.